The molecule has 0 radical (unpaired) electrons. The van der Waals surface area contributed by atoms with Crippen molar-refractivity contribution in [3.63, 3.8) is 0 Å². The smallest absolute Gasteiger partial charge is 0.281 e. The van der Waals surface area contributed by atoms with Crippen molar-refractivity contribution in [1.82, 2.24) is 13.6 Å². The first-order chi connectivity index (χ1) is 9.45. The Morgan fingerprint density at radius 1 is 1.25 bits per heavy atom. The minimum Gasteiger partial charge on any atom is -0.369 e. The van der Waals surface area contributed by atoms with E-state index in [0.29, 0.717) is 38.2 Å². The van der Waals surface area contributed by atoms with Crippen LogP contribution in [-0.2, 0) is 10.2 Å². The molecule has 0 aromatic carbocycles. The predicted molar refractivity (Wildman–Crippen MR) is 76.0 cm³/mol. The topological polar surface area (TPSA) is 73.8 Å². The molecule has 1 aliphatic rings. The van der Waals surface area contributed by atoms with Crippen molar-refractivity contribution in [3.05, 3.63) is 24.0 Å². The molecule has 1 aromatic rings. The number of piperazine rings is 1. The third-order valence-electron chi connectivity index (χ3n) is 3.28. The van der Waals surface area contributed by atoms with E-state index in [0.717, 1.165) is 5.69 Å². The molecule has 8 heteroatoms. The molecule has 1 saturated heterocycles. The molecular formula is C12H18N4O3S. The maximum Gasteiger partial charge on any atom is 0.281 e. The SMILES string of the molecule is CN(C)S(=O)(=O)N1CCN(c2ccnc(C=O)c2)CC1. The van der Waals surface area contributed by atoms with Crippen LogP contribution in [0.25, 0.3) is 0 Å². The molecular weight excluding hydrogens is 280 g/mol. The van der Waals surface area contributed by atoms with Gasteiger partial charge in [-0.05, 0) is 12.1 Å². The molecule has 0 bridgehead atoms. The van der Waals surface area contributed by atoms with Crippen LogP contribution < -0.4 is 4.90 Å². The van der Waals surface area contributed by atoms with E-state index in [-0.39, 0.29) is 0 Å². The number of hydrogen-bond donors (Lipinski definition) is 0. The summed E-state index contributed by atoms with van der Waals surface area (Å²) >= 11 is 0. The normalized spacial score (nSPS) is 17.4. The summed E-state index contributed by atoms with van der Waals surface area (Å²) in [4.78, 5) is 16.7. The van der Waals surface area contributed by atoms with Crippen LogP contribution in [0.1, 0.15) is 10.5 Å². The predicted octanol–water partition coefficient (Wildman–Crippen LogP) is -0.177. The standard InChI is InChI=1S/C12H18N4O3S/c1-14(2)20(18,19)16-7-5-15(6-8-16)12-3-4-13-11(9-12)10-17/h3-4,9-10H,5-8H2,1-2H3. The molecule has 2 rings (SSSR count). The van der Waals surface area contributed by atoms with E-state index in [9.17, 15) is 13.2 Å². The number of hydrogen-bond acceptors (Lipinski definition) is 5. The van der Waals surface area contributed by atoms with Gasteiger partial charge in [0.1, 0.15) is 5.69 Å². The zero-order chi connectivity index (χ0) is 14.8. The van der Waals surface area contributed by atoms with E-state index in [1.807, 2.05) is 6.07 Å². The van der Waals surface area contributed by atoms with Gasteiger partial charge < -0.3 is 4.90 Å². The molecule has 0 N–H and O–H groups in total. The Hall–Kier alpha value is -1.51. The quantitative estimate of drug-likeness (QED) is 0.721. The van der Waals surface area contributed by atoms with Gasteiger partial charge in [0.25, 0.3) is 10.2 Å². The number of aromatic nitrogens is 1. The summed E-state index contributed by atoms with van der Waals surface area (Å²) in [6, 6.07) is 3.53. The molecule has 2 heterocycles. The van der Waals surface area contributed by atoms with Gasteiger partial charge in [-0.15, -0.1) is 0 Å². The second-order valence-corrected chi connectivity index (χ2v) is 6.88. The van der Waals surface area contributed by atoms with E-state index in [2.05, 4.69) is 9.88 Å². The van der Waals surface area contributed by atoms with Gasteiger partial charge in [0.15, 0.2) is 6.29 Å². The van der Waals surface area contributed by atoms with Crippen LogP contribution in [-0.4, -0.2) is 68.6 Å². The van der Waals surface area contributed by atoms with Crippen LogP contribution in [0.5, 0.6) is 0 Å². The molecule has 0 atom stereocenters. The Bertz CT molecular complexity index is 580. The highest BCUT2D eigenvalue weighted by Crippen LogP contribution is 2.18. The molecule has 1 fully saturated rings. The minimum atomic E-state index is -3.35. The Kier molecular flexibility index (Phi) is 4.36. The van der Waals surface area contributed by atoms with Crippen molar-refractivity contribution in [2.75, 3.05) is 45.2 Å². The average molecular weight is 298 g/mol. The first kappa shape index (κ1) is 14.9. The van der Waals surface area contributed by atoms with Gasteiger partial charge in [-0.25, -0.2) is 0 Å². The first-order valence-corrected chi connectivity index (χ1v) is 7.68. The molecule has 20 heavy (non-hydrogen) atoms. The van der Waals surface area contributed by atoms with Crippen molar-refractivity contribution in [2.45, 2.75) is 0 Å². The molecule has 0 unspecified atom stereocenters. The number of carbonyl (C=O) groups excluding carboxylic acids is 1. The Morgan fingerprint density at radius 2 is 1.90 bits per heavy atom. The van der Waals surface area contributed by atoms with Gasteiger partial charge in [-0.2, -0.15) is 17.0 Å². The molecule has 1 aliphatic heterocycles. The molecule has 0 amide bonds. The second kappa shape index (κ2) is 5.86. The first-order valence-electron chi connectivity index (χ1n) is 6.29. The van der Waals surface area contributed by atoms with Crippen LogP contribution in [0.3, 0.4) is 0 Å². The lowest BCUT2D eigenvalue weighted by molar-refractivity contribution is 0.111. The average Bonchev–Trinajstić information content (AvgIpc) is 2.47. The highest BCUT2D eigenvalue weighted by atomic mass is 32.2. The van der Waals surface area contributed by atoms with Crippen molar-refractivity contribution in [3.8, 4) is 0 Å². The highest BCUT2D eigenvalue weighted by Gasteiger charge is 2.28. The Balaban J connectivity index is 2.06. The van der Waals surface area contributed by atoms with Crippen molar-refractivity contribution < 1.29 is 13.2 Å². The third kappa shape index (κ3) is 2.97. The Labute approximate surface area is 119 Å². The molecule has 0 aliphatic carbocycles. The zero-order valence-electron chi connectivity index (χ0n) is 11.6. The highest BCUT2D eigenvalue weighted by molar-refractivity contribution is 7.86. The van der Waals surface area contributed by atoms with Crippen LogP contribution >= 0.6 is 0 Å². The summed E-state index contributed by atoms with van der Waals surface area (Å²) in [5, 5.41) is 0. The van der Waals surface area contributed by atoms with E-state index in [4.69, 9.17) is 0 Å². The molecule has 110 valence electrons. The van der Waals surface area contributed by atoms with Crippen LogP contribution in [0.2, 0.25) is 0 Å². The summed E-state index contributed by atoms with van der Waals surface area (Å²) in [7, 11) is -0.290. The number of aldehydes is 1. The van der Waals surface area contributed by atoms with Gasteiger partial charge >= 0.3 is 0 Å². The van der Waals surface area contributed by atoms with Crippen molar-refractivity contribution in [1.29, 1.82) is 0 Å². The van der Waals surface area contributed by atoms with Crippen molar-refractivity contribution in [2.24, 2.45) is 0 Å². The van der Waals surface area contributed by atoms with Gasteiger partial charge in [0, 0.05) is 52.2 Å². The maximum absolute atomic E-state index is 12.0. The fourth-order valence-corrected chi connectivity index (χ4v) is 3.19. The number of carbonyl (C=O) groups is 1. The molecule has 1 aromatic heterocycles. The van der Waals surface area contributed by atoms with Crippen LogP contribution in [0, 0.1) is 0 Å². The van der Waals surface area contributed by atoms with E-state index in [1.54, 1.807) is 12.3 Å². The fourth-order valence-electron chi connectivity index (χ4n) is 2.11. The number of nitrogens with zero attached hydrogens (tertiary/aromatic N) is 4. The molecule has 7 nitrogen and oxygen atoms in total. The van der Waals surface area contributed by atoms with Crippen molar-refractivity contribution >= 4 is 22.2 Å². The maximum atomic E-state index is 12.0. The third-order valence-corrected chi connectivity index (χ3v) is 5.22. The van der Waals surface area contributed by atoms with E-state index >= 15 is 0 Å². The lowest BCUT2D eigenvalue weighted by Gasteiger charge is -2.36. The van der Waals surface area contributed by atoms with Crippen LogP contribution in [0.4, 0.5) is 5.69 Å². The van der Waals surface area contributed by atoms with Gasteiger partial charge in [0.2, 0.25) is 0 Å². The zero-order valence-corrected chi connectivity index (χ0v) is 12.4. The summed E-state index contributed by atoms with van der Waals surface area (Å²) in [6.07, 6.45) is 2.29. The number of pyridine rings is 1. The number of rotatable bonds is 4. The van der Waals surface area contributed by atoms with Crippen LogP contribution in [0.15, 0.2) is 18.3 Å². The van der Waals surface area contributed by atoms with Gasteiger partial charge in [-0.3, -0.25) is 9.78 Å². The summed E-state index contributed by atoms with van der Waals surface area (Å²) in [6.45, 7) is 2.04. The lowest BCUT2D eigenvalue weighted by Crippen LogP contribution is -2.51. The largest absolute Gasteiger partial charge is 0.369 e. The molecule has 0 saturated carbocycles. The fraction of sp³-hybridized carbons (Fsp3) is 0.500. The minimum absolute atomic E-state index is 0.380. The summed E-state index contributed by atoms with van der Waals surface area (Å²) in [5.41, 5.74) is 1.27. The summed E-state index contributed by atoms with van der Waals surface area (Å²) in [5.74, 6) is 0. The Morgan fingerprint density at radius 3 is 2.45 bits per heavy atom. The van der Waals surface area contributed by atoms with E-state index < -0.39 is 10.2 Å². The van der Waals surface area contributed by atoms with Gasteiger partial charge in [0.05, 0.1) is 0 Å². The van der Waals surface area contributed by atoms with E-state index in [1.165, 1.54) is 22.7 Å². The second-order valence-electron chi connectivity index (χ2n) is 4.73. The summed E-state index contributed by atoms with van der Waals surface area (Å²) < 4.78 is 26.7. The number of anilines is 1. The lowest BCUT2D eigenvalue weighted by atomic mass is 10.2. The molecule has 0 spiro atoms. The monoisotopic (exact) mass is 298 g/mol. The van der Waals surface area contributed by atoms with Gasteiger partial charge in [-0.1, -0.05) is 0 Å².